The minimum atomic E-state index is -0.753. The Morgan fingerprint density at radius 3 is 2.67 bits per heavy atom. The zero-order valence-electron chi connectivity index (χ0n) is 18.8. The van der Waals surface area contributed by atoms with E-state index < -0.39 is 16.9 Å². The number of nitro benzene ring substituents is 1. The van der Waals surface area contributed by atoms with Crippen LogP contribution < -0.4 is 9.47 Å². The Kier molecular flexibility index (Phi) is 7.36. The van der Waals surface area contributed by atoms with Crippen molar-refractivity contribution in [3.8, 4) is 11.5 Å². The van der Waals surface area contributed by atoms with Gasteiger partial charge in [0.05, 0.1) is 31.8 Å². The number of carbonyl (C=O) groups excluding carboxylic acids is 2. The Morgan fingerprint density at radius 1 is 1.19 bits per heavy atom. The number of ether oxygens (including phenoxy) is 3. The Hall–Kier alpha value is -3.77. The van der Waals surface area contributed by atoms with E-state index >= 15 is 0 Å². The maximum absolute atomic E-state index is 12.6. The molecule has 0 N–H and O–H groups in total. The molecule has 0 bridgehead atoms. The number of esters is 2. The van der Waals surface area contributed by atoms with Crippen LogP contribution in [0.4, 0.5) is 5.69 Å². The molecule has 0 saturated carbocycles. The normalized spacial score (nSPS) is 13.8. The highest BCUT2D eigenvalue weighted by Gasteiger charge is 2.27. The van der Waals surface area contributed by atoms with Gasteiger partial charge in [-0.1, -0.05) is 29.3 Å². The molecule has 0 aromatic heterocycles. The summed E-state index contributed by atoms with van der Waals surface area (Å²) in [5, 5.41) is 11.2. The summed E-state index contributed by atoms with van der Waals surface area (Å²) in [4.78, 5) is 39.8. The third-order valence-electron chi connectivity index (χ3n) is 5.02. The SMILES string of the molecule is COc1cc(/C=C2\N=C(c3cc([N+](=O)[O-])ccc3Cl)OC2=O)cc(I)c1OC(=O)c1cccc(C)c1. The highest BCUT2D eigenvalue weighted by molar-refractivity contribution is 14.1. The quantitative estimate of drug-likeness (QED) is 0.0864. The van der Waals surface area contributed by atoms with Crippen LogP contribution in [-0.4, -0.2) is 29.9 Å². The number of rotatable bonds is 6. The molecule has 0 amide bonds. The average Bonchev–Trinajstić information content (AvgIpc) is 3.20. The molecule has 0 fully saturated rings. The van der Waals surface area contributed by atoms with E-state index in [1.165, 1.54) is 31.4 Å². The van der Waals surface area contributed by atoms with Crippen LogP contribution in [0.1, 0.15) is 27.0 Å². The van der Waals surface area contributed by atoms with Gasteiger partial charge in [-0.25, -0.2) is 14.6 Å². The summed E-state index contributed by atoms with van der Waals surface area (Å²) in [7, 11) is 1.43. The van der Waals surface area contributed by atoms with E-state index in [9.17, 15) is 19.7 Å². The van der Waals surface area contributed by atoms with Gasteiger partial charge in [0.15, 0.2) is 17.2 Å². The van der Waals surface area contributed by atoms with Gasteiger partial charge in [0, 0.05) is 12.1 Å². The Bertz CT molecular complexity index is 1480. The van der Waals surface area contributed by atoms with Gasteiger partial charge in [-0.3, -0.25) is 10.1 Å². The number of methoxy groups -OCH3 is 1. The highest BCUT2D eigenvalue weighted by Crippen LogP contribution is 2.36. The second kappa shape index (κ2) is 10.5. The molecule has 3 aromatic carbocycles. The summed E-state index contributed by atoms with van der Waals surface area (Å²) < 4.78 is 16.8. The number of hydrogen-bond acceptors (Lipinski definition) is 8. The molecule has 0 atom stereocenters. The van der Waals surface area contributed by atoms with Crippen LogP contribution in [0.5, 0.6) is 11.5 Å². The average molecular weight is 619 g/mol. The maximum atomic E-state index is 12.6. The molecule has 0 unspecified atom stereocenters. The molecule has 182 valence electrons. The lowest BCUT2D eigenvalue weighted by molar-refractivity contribution is -0.384. The molecule has 1 heterocycles. The molecule has 4 rings (SSSR count). The first kappa shape index (κ1) is 25.3. The molecule has 0 radical (unpaired) electrons. The second-order valence-corrected chi connectivity index (χ2v) is 9.12. The number of non-ortho nitro benzene ring substituents is 1. The van der Waals surface area contributed by atoms with Gasteiger partial charge in [0.2, 0.25) is 5.90 Å². The van der Waals surface area contributed by atoms with Crippen molar-refractivity contribution in [2.45, 2.75) is 6.92 Å². The molecule has 11 heteroatoms. The molecule has 0 spiro atoms. The van der Waals surface area contributed by atoms with Crippen molar-refractivity contribution in [1.82, 2.24) is 0 Å². The predicted octanol–water partition coefficient (Wildman–Crippen LogP) is 5.73. The van der Waals surface area contributed by atoms with Crippen LogP contribution in [0.25, 0.3) is 6.08 Å². The molecule has 36 heavy (non-hydrogen) atoms. The van der Waals surface area contributed by atoms with Gasteiger partial charge < -0.3 is 14.2 Å². The number of benzene rings is 3. The van der Waals surface area contributed by atoms with Crippen LogP contribution in [-0.2, 0) is 9.53 Å². The van der Waals surface area contributed by atoms with Gasteiger partial charge in [0.25, 0.3) is 5.69 Å². The van der Waals surface area contributed by atoms with Gasteiger partial charge in [-0.05, 0) is 71.5 Å². The first-order valence-corrected chi connectivity index (χ1v) is 11.7. The van der Waals surface area contributed by atoms with Crippen molar-refractivity contribution >= 4 is 63.8 Å². The number of cyclic esters (lactones) is 1. The fourth-order valence-corrected chi connectivity index (χ4v) is 4.25. The van der Waals surface area contributed by atoms with E-state index in [0.717, 1.165) is 5.56 Å². The standard InChI is InChI=1S/C25H16ClIN2O7/c1-13-4-3-5-15(8-13)24(30)35-22-19(27)9-14(11-21(22)34-2)10-20-25(31)36-23(28-20)17-12-16(29(32)33)6-7-18(17)26/h3-12H,1-2H3/b20-10-. The fourth-order valence-electron chi connectivity index (χ4n) is 3.32. The Balaban J connectivity index is 1.65. The lowest BCUT2D eigenvalue weighted by atomic mass is 10.1. The van der Waals surface area contributed by atoms with Crippen molar-refractivity contribution < 1.29 is 28.7 Å². The number of nitro groups is 1. The minimum absolute atomic E-state index is 0.0464. The summed E-state index contributed by atoms with van der Waals surface area (Å²) in [6.07, 6.45) is 1.46. The Labute approximate surface area is 223 Å². The summed E-state index contributed by atoms with van der Waals surface area (Å²) in [6, 6.07) is 14.0. The lowest BCUT2D eigenvalue weighted by Gasteiger charge is -2.12. The number of nitrogens with zero attached hydrogens (tertiary/aromatic N) is 2. The smallest absolute Gasteiger partial charge is 0.363 e. The van der Waals surface area contributed by atoms with Crippen molar-refractivity contribution in [1.29, 1.82) is 0 Å². The third kappa shape index (κ3) is 5.39. The number of aryl methyl sites for hydroxylation is 1. The van der Waals surface area contributed by atoms with Crippen LogP contribution in [0.3, 0.4) is 0 Å². The first-order chi connectivity index (χ1) is 17.2. The first-order valence-electron chi connectivity index (χ1n) is 10.3. The van der Waals surface area contributed by atoms with Crippen molar-refractivity contribution in [2.75, 3.05) is 7.11 Å². The third-order valence-corrected chi connectivity index (χ3v) is 6.15. The lowest BCUT2D eigenvalue weighted by Crippen LogP contribution is -2.10. The molecule has 0 saturated heterocycles. The van der Waals surface area contributed by atoms with E-state index in [4.69, 9.17) is 25.8 Å². The Morgan fingerprint density at radius 2 is 1.97 bits per heavy atom. The molecule has 9 nitrogen and oxygen atoms in total. The summed E-state index contributed by atoms with van der Waals surface area (Å²) in [5.41, 5.74) is 1.69. The van der Waals surface area contributed by atoms with Gasteiger partial charge in [0.1, 0.15) is 0 Å². The van der Waals surface area contributed by atoms with Gasteiger partial charge in [-0.2, -0.15) is 0 Å². The largest absolute Gasteiger partial charge is 0.493 e. The van der Waals surface area contributed by atoms with Gasteiger partial charge >= 0.3 is 11.9 Å². The molecule has 0 aliphatic carbocycles. The monoisotopic (exact) mass is 618 g/mol. The van der Waals surface area contributed by atoms with Crippen molar-refractivity contribution in [2.24, 2.45) is 4.99 Å². The van der Waals surface area contributed by atoms with Crippen LogP contribution in [0, 0.1) is 20.6 Å². The van der Waals surface area contributed by atoms with E-state index in [0.29, 0.717) is 14.7 Å². The van der Waals surface area contributed by atoms with Gasteiger partial charge in [-0.15, -0.1) is 0 Å². The zero-order valence-corrected chi connectivity index (χ0v) is 21.7. The zero-order chi connectivity index (χ0) is 26.0. The maximum Gasteiger partial charge on any atom is 0.363 e. The van der Waals surface area contributed by atoms with Crippen LogP contribution >= 0.6 is 34.2 Å². The second-order valence-electron chi connectivity index (χ2n) is 7.55. The van der Waals surface area contributed by atoms with Crippen LogP contribution in [0.15, 0.2) is 65.3 Å². The number of aliphatic imine (C=N–C) groups is 1. The highest BCUT2D eigenvalue weighted by atomic mass is 127. The van der Waals surface area contributed by atoms with E-state index in [1.54, 1.807) is 30.3 Å². The fraction of sp³-hybridized carbons (Fsp3) is 0.0800. The van der Waals surface area contributed by atoms with E-state index in [-0.39, 0.29) is 39.4 Å². The van der Waals surface area contributed by atoms with Crippen molar-refractivity contribution in [3.63, 3.8) is 0 Å². The summed E-state index contributed by atoms with van der Waals surface area (Å²) >= 11 is 8.13. The van der Waals surface area contributed by atoms with Crippen LogP contribution in [0.2, 0.25) is 5.02 Å². The molecule has 1 aliphatic rings. The van der Waals surface area contributed by atoms with E-state index in [2.05, 4.69) is 4.99 Å². The van der Waals surface area contributed by atoms with E-state index in [1.807, 2.05) is 35.6 Å². The molecule has 1 aliphatic heterocycles. The number of hydrogen-bond donors (Lipinski definition) is 0. The van der Waals surface area contributed by atoms with Crippen molar-refractivity contribution in [3.05, 3.63) is 101 Å². The summed E-state index contributed by atoms with van der Waals surface area (Å²) in [5.74, 6) is -0.939. The predicted molar refractivity (Wildman–Crippen MR) is 141 cm³/mol. The molecular formula is C25H16ClIN2O7. The topological polar surface area (TPSA) is 117 Å². The number of halogens is 2. The molecular weight excluding hydrogens is 603 g/mol. The number of carbonyl (C=O) groups is 2. The molecule has 3 aromatic rings. The minimum Gasteiger partial charge on any atom is -0.493 e. The summed E-state index contributed by atoms with van der Waals surface area (Å²) in [6.45, 7) is 1.87.